The number of hydrogen-bond acceptors (Lipinski definition) is 8. The number of alkyl halides is 3. The number of carbonyl (C=O) groups excluding carboxylic acids is 1. The topological polar surface area (TPSA) is 123 Å². The molecule has 3 N–H and O–H groups in total. The number of nitrogens with two attached hydrogens (primary N) is 1. The molecule has 0 atom stereocenters. The van der Waals surface area contributed by atoms with Crippen LogP contribution in [-0.4, -0.2) is 57.2 Å². The minimum atomic E-state index is -4.75. The molecule has 1 aliphatic heterocycles. The van der Waals surface area contributed by atoms with Crippen molar-refractivity contribution in [2.75, 3.05) is 31.9 Å². The van der Waals surface area contributed by atoms with Gasteiger partial charge < -0.3 is 20.4 Å². The highest BCUT2D eigenvalue weighted by atomic mass is 19.4. The summed E-state index contributed by atoms with van der Waals surface area (Å²) >= 11 is 0. The molecular weight excluding hydrogens is 487 g/mol. The quantitative estimate of drug-likeness (QED) is 0.412. The van der Waals surface area contributed by atoms with Crippen LogP contribution in [0, 0.1) is 0 Å². The van der Waals surface area contributed by atoms with Crippen molar-refractivity contribution in [2.45, 2.75) is 12.6 Å². The van der Waals surface area contributed by atoms with Gasteiger partial charge in [0.25, 0.3) is 11.8 Å². The molecule has 0 saturated carbocycles. The number of anilines is 1. The fourth-order valence-electron chi connectivity index (χ4n) is 4.07. The van der Waals surface area contributed by atoms with Gasteiger partial charge in [0.15, 0.2) is 11.5 Å². The Morgan fingerprint density at radius 3 is 2.62 bits per heavy atom. The first-order chi connectivity index (χ1) is 17.8. The second-order valence-electron chi connectivity index (χ2n) is 8.42. The molecule has 37 heavy (non-hydrogen) atoms. The number of rotatable bonds is 4. The van der Waals surface area contributed by atoms with Crippen LogP contribution in [0.4, 0.5) is 19.0 Å². The first-order valence-electron chi connectivity index (χ1n) is 11.5. The van der Waals surface area contributed by atoms with Crippen molar-refractivity contribution in [3.8, 4) is 34.3 Å². The van der Waals surface area contributed by atoms with Crippen molar-refractivity contribution >= 4 is 11.7 Å². The Kier molecular flexibility index (Phi) is 6.57. The molecule has 12 heteroatoms. The van der Waals surface area contributed by atoms with Crippen molar-refractivity contribution < 1.29 is 25.2 Å². The minimum absolute atomic E-state index is 0. The summed E-state index contributed by atoms with van der Waals surface area (Å²) in [5, 5.41) is 11.1. The minimum Gasteiger partial charge on any atom is -0.414 e. The van der Waals surface area contributed by atoms with Crippen LogP contribution >= 0.6 is 0 Å². The SMILES string of the molecule is Nc1ncc(-c2ccc(C(=O)N3CCCNCC3)cc2C(F)(F)F)nc1-c1nnc(-c2ccccc2)o1.[HH].[HH]. The van der Waals surface area contributed by atoms with Gasteiger partial charge in [0.05, 0.1) is 17.5 Å². The van der Waals surface area contributed by atoms with E-state index in [-0.39, 0.29) is 43.0 Å². The van der Waals surface area contributed by atoms with Crippen molar-refractivity contribution in [1.82, 2.24) is 30.4 Å². The van der Waals surface area contributed by atoms with Gasteiger partial charge in [-0.3, -0.25) is 4.79 Å². The highest BCUT2D eigenvalue weighted by Gasteiger charge is 2.35. The molecule has 0 radical (unpaired) electrons. The third kappa shape index (κ3) is 5.14. The Labute approximate surface area is 212 Å². The summed E-state index contributed by atoms with van der Waals surface area (Å²) in [7, 11) is 0. The monoisotopic (exact) mass is 513 g/mol. The zero-order chi connectivity index (χ0) is 26.0. The number of nitrogens with zero attached hydrogens (tertiary/aromatic N) is 5. The molecule has 9 nitrogen and oxygen atoms in total. The van der Waals surface area contributed by atoms with E-state index in [0.29, 0.717) is 25.2 Å². The molecule has 1 aliphatic rings. The van der Waals surface area contributed by atoms with Crippen LogP contribution in [0.1, 0.15) is 25.2 Å². The van der Waals surface area contributed by atoms with Crippen LogP contribution in [0.3, 0.4) is 0 Å². The first kappa shape index (κ1) is 24.4. The van der Waals surface area contributed by atoms with Gasteiger partial charge in [0.1, 0.15) is 0 Å². The summed E-state index contributed by atoms with van der Waals surface area (Å²) in [6.45, 7) is 2.23. The van der Waals surface area contributed by atoms with Gasteiger partial charge in [-0.2, -0.15) is 13.2 Å². The molecule has 0 unspecified atom stereocenters. The number of amides is 1. The first-order valence-corrected chi connectivity index (χ1v) is 11.5. The predicted octanol–water partition coefficient (Wildman–Crippen LogP) is 4.39. The number of nitrogens with one attached hydrogen (secondary N) is 1. The Bertz CT molecular complexity index is 1430. The second-order valence-corrected chi connectivity index (χ2v) is 8.42. The van der Waals surface area contributed by atoms with Gasteiger partial charge in [-0.05, 0) is 37.2 Å². The van der Waals surface area contributed by atoms with E-state index in [4.69, 9.17) is 10.2 Å². The molecule has 0 aliphatic carbocycles. The lowest BCUT2D eigenvalue weighted by Gasteiger charge is -2.21. The summed E-state index contributed by atoms with van der Waals surface area (Å²) in [4.78, 5) is 22.8. The van der Waals surface area contributed by atoms with Crippen LogP contribution < -0.4 is 11.1 Å². The Hall–Kier alpha value is -4.32. The van der Waals surface area contributed by atoms with Crippen molar-refractivity contribution in [2.24, 2.45) is 0 Å². The fraction of sp³-hybridized carbons (Fsp3) is 0.240. The van der Waals surface area contributed by atoms with Crippen molar-refractivity contribution in [3.05, 3.63) is 65.9 Å². The van der Waals surface area contributed by atoms with E-state index in [1.54, 1.807) is 29.2 Å². The molecule has 0 bridgehead atoms. The molecule has 1 saturated heterocycles. The third-order valence-electron chi connectivity index (χ3n) is 5.92. The number of aromatic nitrogens is 4. The molecule has 1 amide bonds. The lowest BCUT2D eigenvalue weighted by molar-refractivity contribution is -0.137. The highest BCUT2D eigenvalue weighted by molar-refractivity contribution is 5.95. The largest absolute Gasteiger partial charge is 0.417 e. The van der Waals surface area contributed by atoms with Crippen LogP contribution in [0.25, 0.3) is 34.3 Å². The molecule has 4 aromatic rings. The average molecular weight is 514 g/mol. The van der Waals surface area contributed by atoms with Gasteiger partial charge in [-0.25, -0.2) is 9.97 Å². The normalized spacial score (nSPS) is 14.4. The summed E-state index contributed by atoms with van der Waals surface area (Å²) in [6, 6.07) is 12.4. The smallest absolute Gasteiger partial charge is 0.414 e. The summed E-state index contributed by atoms with van der Waals surface area (Å²) in [5.41, 5.74) is 5.15. The van der Waals surface area contributed by atoms with E-state index < -0.39 is 17.6 Å². The molecule has 1 fully saturated rings. The van der Waals surface area contributed by atoms with E-state index in [9.17, 15) is 18.0 Å². The summed E-state index contributed by atoms with van der Waals surface area (Å²) < 4.78 is 48.1. The van der Waals surface area contributed by atoms with Gasteiger partial charge >= 0.3 is 6.18 Å². The van der Waals surface area contributed by atoms with Crippen LogP contribution in [0.5, 0.6) is 0 Å². The predicted molar refractivity (Wildman–Crippen MR) is 133 cm³/mol. The molecule has 2 aromatic carbocycles. The zero-order valence-electron chi connectivity index (χ0n) is 19.5. The Morgan fingerprint density at radius 1 is 1.05 bits per heavy atom. The standard InChI is InChI=1S/C25H22F3N7O2.2H2/c26-25(27,28)18-13-16(24(36)35-11-4-9-30-10-12-35)7-8-17(18)19-14-31-21(29)20(32-19)23-34-33-22(37-23)15-5-2-1-3-6-15;;/h1-3,5-8,13-14,30H,4,9-12H2,(H2,29,31);2*1H. The molecule has 5 rings (SSSR count). The second kappa shape index (κ2) is 9.97. The number of hydrogen-bond donors (Lipinski definition) is 2. The van der Waals surface area contributed by atoms with Gasteiger partial charge in [0, 0.05) is 39.2 Å². The Balaban J connectivity index is 0.00000210. The van der Waals surface area contributed by atoms with Crippen LogP contribution in [0.2, 0.25) is 0 Å². The maximum Gasteiger partial charge on any atom is 0.417 e. The van der Waals surface area contributed by atoms with Gasteiger partial charge in [0.2, 0.25) is 5.89 Å². The third-order valence-corrected chi connectivity index (χ3v) is 5.92. The fourth-order valence-corrected chi connectivity index (χ4v) is 4.07. The van der Waals surface area contributed by atoms with Crippen molar-refractivity contribution in [3.63, 3.8) is 0 Å². The number of carbonyl (C=O) groups is 1. The van der Waals surface area contributed by atoms with E-state index in [0.717, 1.165) is 25.2 Å². The average Bonchev–Trinajstić information content (AvgIpc) is 3.23. The van der Waals surface area contributed by atoms with Gasteiger partial charge in [-0.1, -0.05) is 24.3 Å². The number of nitrogen functional groups attached to an aromatic ring is 1. The number of benzene rings is 2. The summed E-state index contributed by atoms with van der Waals surface area (Å²) in [5.74, 6) is -0.420. The van der Waals surface area contributed by atoms with Crippen molar-refractivity contribution in [1.29, 1.82) is 0 Å². The molecular formula is C25H26F3N7O2. The maximum atomic E-state index is 14.1. The van der Waals surface area contributed by atoms with E-state index >= 15 is 0 Å². The van der Waals surface area contributed by atoms with Crippen LogP contribution in [-0.2, 0) is 6.18 Å². The maximum absolute atomic E-state index is 14.1. The Morgan fingerprint density at radius 2 is 1.84 bits per heavy atom. The number of halogens is 3. The molecule has 194 valence electrons. The molecule has 3 heterocycles. The zero-order valence-corrected chi connectivity index (χ0v) is 19.5. The molecule has 2 aromatic heterocycles. The molecule has 0 spiro atoms. The van der Waals surface area contributed by atoms with Crippen LogP contribution in [0.15, 0.2) is 59.1 Å². The lowest BCUT2D eigenvalue weighted by atomic mass is 10.00. The van der Waals surface area contributed by atoms with Gasteiger partial charge in [-0.15, -0.1) is 10.2 Å². The van der Waals surface area contributed by atoms with E-state index in [2.05, 4.69) is 25.5 Å². The highest BCUT2D eigenvalue weighted by Crippen LogP contribution is 2.38. The lowest BCUT2D eigenvalue weighted by Crippen LogP contribution is -2.34. The summed E-state index contributed by atoms with van der Waals surface area (Å²) in [6.07, 6.45) is -2.89. The van der Waals surface area contributed by atoms with E-state index in [1.165, 1.54) is 12.1 Å². The van der Waals surface area contributed by atoms with E-state index in [1.807, 2.05) is 6.07 Å².